The Balaban J connectivity index is 0.000000254. The second-order valence-corrected chi connectivity index (χ2v) is 5.14. The lowest BCUT2D eigenvalue weighted by Gasteiger charge is -1.91. The first-order valence-corrected chi connectivity index (χ1v) is 8.22. The largest absolute Gasteiger partial charge is 0.386 e. The Bertz CT molecular complexity index is 822. The smallest absolute Gasteiger partial charge is 0.346 e. The van der Waals surface area contributed by atoms with Crippen LogP contribution < -0.4 is 0 Å². The van der Waals surface area contributed by atoms with E-state index in [0.29, 0.717) is 0 Å². The Morgan fingerprint density at radius 1 is 0.704 bits per heavy atom. The van der Waals surface area contributed by atoms with Crippen LogP contribution in [0.4, 0.5) is 0 Å². The van der Waals surface area contributed by atoms with E-state index >= 15 is 0 Å². The number of ether oxygens (including phenoxy) is 1. The van der Waals surface area contributed by atoms with Gasteiger partial charge in [0.05, 0.1) is 5.57 Å². The van der Waals surface area contributed by atoms with Crippen LogP contribution in [0.2, 0.25) is 0 Å². The number of carbonyl (C=O) groups is 2. The van der Waals surface area contributed by atoms with Gasteiger partial charge in [0.25, 0.3) is 0 Å². The molecule has 0 N–H and O–H groups in total. The summed E-state index contributed by atoms with van der Waals surface area (Å²) < 4.78 is 4.34. The molecule has 0 saturated heterocycles. The van der Waals surface area contributed by atoms with Crippen molar-refractivity contribution in [3.63, 3.8) is 0 Å². The Hall–Kier alpha value is -3.72. The molecule has 3 rings (SSSR count). The van der Waals surface area contributed by atoms with Gasteiger partial charge in [-0.2, -0.15) is 0 Å². The molecule has 27 heavy (non-hydrogen) atoms. The molecule has 2 aromatic rings. The summed E-state index contributed by atoms with van der Waals surface area (Å²) in [5, 5.41) is 0. The van der Waals surface area contributed by atoms with Crippen LogP contribution >= 0.6 is 0 Å². The first kappa shape index (κ1) is 21.3. The van der Waals surface area contributed by atoms with Crippen LogP contribution in [0.25, 0.3) is 12.2 Å². The first-order valence-electron chi connectivity index (χ1n) is 8.22. The topological polar surface area (TPSA) is 43.4 Å². The molecule has 0 amide bonds. The molecule has 0 aliphatic carbocycles. The molecule has 0 atom stereocenters. The van der Waals surface area contributed by atoms with Gasteiger partial charge in [-0.25, -0.2) is 9.59 Å². The van der Waals surface area contributed by atoms with E-state index in [1.54, 1.807) is 24.3 Å². The Morgan fingerprint density at radius 3 is 1.59 bits per heavy atom. The van der Waals surface area contributed by atoms with Crippen molar-refractivity contribution in [2.75, 3.05) is 0 Å². The van der Waals surface area contributed by atoms with Gasteiger partial charge >= 0.3 is 11.9 Å². The molecule has 3 nitrogen and oxygen atoms in total. The molecule has 0 radical (unpaired) electrons. The molecule has 0 fully saturated rings. The Morgan fingerprint density at radius 2 is 1.22 bits per heavy atom. The third kappa shape index (κ3) is 8.79. The van der Waals surface area contributed by atoms with E-state index in [9.17, 15) is 9.59 Å². The summed E-state index contributed by atoms with van der Waals surface area (Å²) >= 11 is 0. The maximum atomic E-state index is 11.0. The number of carbonyl (C=O) groups excluding carboxylic acids is 2. The molecular weight excluding hydrogens is 336 g/mol. The van der Waals surface area contributed by atoms with Crippen molar-refractivity contribution in [3.05, 3.63) is 121 Å². The lowest BCUT2D eigenvalue weighted by atomic mass is 10.1. The van der Waals surface area contributed by atoms with Gasteiger partial charge in [0.1, 0.15) is 0 Å². The summed E-state index contributed by atoms with van der Waals surface area (Å²) in [7, 11) is 0. The highest BCUT2D eigenvalue weighted by molar-refractivity contribution is 6.11. The van der Waals surface area contributed by atoms with Crippen molar-refractivity contribution in [2.24, 2.45) is 0 Å². The standard InChI is InChI=1S/C12H8O3.C8H8.C4H6/c13-11-8-10(12(14)15-11)7-6-9-4-2-1-3-5-9;1-2-8-6-4-3-5-7-8;1-3-4-2/h1-8H;2-7H,1H2;3-4H,1-2H2. The van der Waals surface area contributed by atoms with E-state index in [2.05, 4.69) is 24.5 Å². The summed E-state index contributed by atoms with van der Waals surface area (Å²) in [4.78, 5) is 21.8. The third-order valence-corrected chi connectivity index (χ3v) is 3.16. The van der Waals surface area contributed by atoms with Crippen molar-refractivity contribution in [1.82, 2.24) is 0 Å². The van der Waals surface area contributed by atoms with Crippen molar-refractivity contribution < 1.29 is 14.3 Å². The SMILES string of the molecule is C=CC=C.C=Cc1ccccc1.O=C1C=C(C=Cc2ccccc2)C(=O)O1. The summed E-state index contributed by atoms with van der Waals surface area (Å²) in [6, 6.07) is 19.5. The molecule has 0 spiro atoms. The number of allylic oxidation sites excluding steroid dienone is 2. The summed E-state index contributed by atoms with van der Waals surface area (Å²) in [6.45, 7) is 10.4. The molecule has 1 heterocycles. The van der Waals surface area contributed by atoms with Gasteiger partial charge in [-0.1, -0.05) is 105 Å². The Labute approximate surface area is 160 Å². The quantitative estimate of drug-likeness (QED) is 0.418. The molecule has 136 valence electrons. The number of cyclic esters (lactones) is 2. The molecule has 0 bridgehead atoms. The average molecular weight is 358 g/mol. The normalized spacial score (nSPS) is 11.9. The minimum absolute atomic E-state index is 0.281. The highest BCUT2D eigenvalue weighted by atomic mass is 16.6. The molecule has 1 aliphatic heterocycles. The number of hydrogen-bond donors (Lipinski definition) is 0. The fraction of sp³-hybridized carbons (Fsp3) is 0. The lowest BCUT2D eigenvalue weighted by molar-refractivity contribution is -0.150. The van der Waals surface area contributed by atoms with Crippen LogP contribution in [0.1, 0.15) is 11.1 Å². The first-order chi connectivity index (χ1) is 13.1. The maximum absolute atomic E-state index is 11.0. The molecule has 1 aliphatic rings. The number of hydrogen-bond acceptors (Lipinski definition) is 3. The fourth-order valence-electron chi connectivity index (χ4n) is 1.82. The summed E-state index contributed by atoms with van der Waals surface area (Å²) in [5.41, 5.74) is 2.42. The van der Waals surface area contributed by atoms with Gasteiger partial charge in [-0.05, 0) is 17.2 Å². The zero-order chi connectivity index (χ0) is 19.9. The summed E-state index contributed by atoms with van der Waals surface area (Å²) in [5.74, 6) is -1.19. The van der Waals surface area contributed by atoms with Crippen LogP contribution in [0.3, 0.4) is 0 Å². The predicted molar refractivity (Wildman–Crippen MR) is 112 cm³/mol. The fourth-order valence-corrected chi connectivity index (χ4v) is 1.82. The number of esters is 2. The van der Waals surface area contributed by atoms with Crippen molar-refractivity contribution in [3.8, 4) is 0 Å². The van der Waals surface area contributed by atoms with Crippen LogP contribution in [0, 0.1) is 0 Å². The molecule has 0 saturated carbocycles. The minimum atomic E-state index is -0.604. The van der Waals surface area contributed by atoms with E-state index in [1.165, 1.54) is 11.6 Å². The number of benzene rings is 2. The zero-order valence-electron chi connectivity index (χ0n) is 15.1. The third-order valence-electron chi connectivity index (χ3n) is 3.16. The van der Waals surface area contributed by atoms with Crippen molar-refractivity contribution in [2.45, 2.75) is 0 Å². The molecule has 0 unspecified atom stereocenters. The molecule has 3 heteroatoms. The zero-order valence-corrected chi connectivity index (χ0v) is 15.1. The van der Waals surface area contributed by atoms with Crippen LogP contribution in [0.15, 0.2) is 110 Å². The number of rotatable bonds is 4. The van der Waals surface area contributed by atoms with Gasteiger partial charge < -0.3 is 4.74 Å². The molecule has 2 aromatic carbocycles. The lowest BCUT2D eigenvalue weighted by Crippen LogP contribution is -2.00. The van der Waals surface area contributed by atoms with E-state index in [4.69, 9.17) is 0 Å². The maximum Gasteiger partial charge on any atom is 0.346 e. The van der Waals surface area contributed by atoms with Crippen molar-refractivity contribution >= 4 is 24.1 Å². The molecular formula is C24H22O3. The van der Waals surface area contributed by atoms with Crippen LogP contribution in [-0.2, 0) is 14.3 Å². The monoisotopic (exact) mass is 358 g/mol. The van der Waals surface area contributed by atoms with Gasteiger partial charge in [-0.3, -0.25) is 0 Å². The second kappa shape index (κ2) is 12.6. The van der Waals surface area contributed by atoms with Gasteiger partial charge in [0.15, 0.2) is 0 Å². The predicted octanol–water partition coefficient (Wildman–Crippen LogP) is 5.40. The van der Waals surface area contributed by atoms with E-state index in [0.717, 1.165) is 5.56 Å². The van der Waals surface area contributed by atoms with Crippen LogP contribution in [0.5, 0.6) is 0 Å². The Kier molecular flexibility index (Phi) is 9.96. The highest BCUT2D eigenvalue weighted by Crippen LogP contribution is 2.11. The van der Waals surface area contributed by atoms with Crippen molar-refractivity contribution in [1.29, 1.82) is 0 Å². The van der Waals surface area contributed by atoms with E-state index in [-0.39, 0.29) is 5.57 Å². The highest BCUT2D eigenvalue weighted by Gasteiger charge is 2.20. The molecule has 0 aromatic heterocycles. The summed E-state index contributed by atoms with van der Waals surface area (Å²) in [6.07, 6.45) is 9.62. The second-order valence-electron chi connectivity index (χ2n) is 5.14. The van der Waals surface area contributed by atoms with E-state index in [1.807, 2.05) is 66.7 Å². The van der Waals surface area contributed by atoms with Gasteiger partial charge in [0, 0.05) is 6.08 Å². The average Bonchev–Trinajstić information content (AvgIpc) is 3.05. The van der Waals surface area contributed by atoms with Gasteiger partial charge in [-0.15, -0.1) is 0 Å². The van der Waals surface area contributed by atoms with Gasteiger partial charge in [0.2, 0.25) is 0 Å². The minimum Gasteiger partial charge on any atom is -0.386 e. The van der Waals surface area contributed by atoms with Crippen LogP contribution in [-0.4, -0.2) is 11.9 Å². The van der Waals surface area contributed by atoms with E-state index < -0.39 is 11.9 Å².